The van der Waals surface area contributed by atoms with E-state index in [1.165, 1.54) is 0 Å². The second-order valence-corrected chi connectivity index (χ2v) is 7.63. The van der Waals surface area contributed by atoms with Gasteiger partial charge in [0.05, 0.1) is 17.9 Å². The van der Waals surface area contributed by atoms with E-state index in [-0.39, 0.29) is 18.1 Å². The van der Waals surface area contributed by atoms with E-state index in [1.807, 2.05) is 38.1 Å². The van der Waals surface area contributed by atoms with Crippen molar-refractivity contribution in [2.24, 2.45) is 5.92 Å². The second-order valence-electron chi connectivity index (χ2n) is 7.63. The molecule has 2 aromatic rings. The molecule has 1 aliphatic rings. The average molecular weight is 396 g/mol. The number of amides is 2. The number of nitrogens with one attached hydrogen (secondary N) is 2. The predicted molar refractivity (Wildman–Crippen MR) is 115 cm³/mol. The molecule has 0 aromatic heterocycles. The van der Waals surface area contributed by atoms with Crippen molar-refractivity contribution < 1.29 is 14.3 Å². The van der Waals surface area contributed by atoms with E-state index in [0.29, 0.717) is 35.9 Å². The van der Waals surface area contributed by atoms with Gasteiger partial charge < -0.3 is 26.0 Å². The third kappa shape index (κ3) is 5.63. The molecule has 154 valence electrons. The lowest BCUT2D eigenvalue weighted by Gasteiger charge is -2.19. The van der Waals surface area contributed by atoms with E-state index in [2.05, 4.69) is 15.5 Å². The maximum absolute atomic E-state index is 12.4. The fraction of sp³-hybridized carbons (Fsp3) is 0.364. The van der Waals surface area contributed by atoms with Gasteiger partial charge in [-0.25, -0.2) is 4.79 Å². The standard InChI is InChI=1S/C22H28N4O3/c1-15(2)13-24-22(28)29-18-11-12-26(14-18)17-9-7-16(8-10-17)21(27)25-20-6-4-3-5-19(20)23/h3-10,15,18H,11-14,23H2,1-2H3,(H,24,28)(H,25,27)/t18-/m0/s1. The topological polar surface area (TPSA) is 96.7 Å². The summed E-state index contributed by atoms with van der Waals surface area (Å²) in [5, 5.41) is 5.60. The predicted octanol–water partition coefficient (Wildman–Crippen LogP) is 3.48. The minimum atomic E-state index is -0.363. The van der Waals surface area contributed by atoms with Crippen molar-refractivity contribution in [3.8, 4) is 0 Å². The van der Waals surface area contributed by atoms with Crippen LogP contribution < -0.4 is 21.3 Å². The van der Waals surface area contributed by atoms with Crippen molar-refractivity contribution >= 4 is 29.1 Å². The number of hydrogen-bond acceptors (Lipinski definition) is 5. The fourth-order valence-corrected chi connectivity index (χ4v) is 3.17. The largest absolute Gasteiger partial charge is 0.444 e. The van der Waals surface area contributed by atoms with Gasteiger partial charge in [-0.3, -0.25) is 4.79 Å². The van der Waals surface area contributed by atoms with Crippen LogP contribution in [0.3, 0.4) is 0 Å². The first kappa shape index (κ1) is 20.5. The Labute approximate surface area is 171 Å². The van der Waals surface area contributed by atoms with Gasteiger partial charge in [0, 0.05) is 30.8 Å². The summed E-state index contributed by atoms with van der Waals surface area (Å²) in [6, 6.07) is 14.5. The minimum absolute atomic E-state index is 0.133. The number of carbonyl (C=O) groups is 2. The minimum Gasteiger partial charge on any atom is -0.444 e. The molecule has 2 amide bonds. The molecule has 0 aliphatic carbocycles. The molecule has 0 bridgehead atoms. The van der Waals surface area contributed by atoms with Crippen LogP contribution in [0.4, 0.5) is 21.9 Å². The third-order valence-electron chi connectivity index (χ3n) is 4.78. The van der Waals surface area contributed by atoms with E-state index in [0.717, 1.165) is 18.7 Å². The normalized spacial score (nSPS) is 16.0. The van der Waals surface area contributed by atoms with Crippen LogP contribution in [-0.4, -0.2) is 37.7 Å². The number of rotatable bonds is 6. The Morgan fingerprint density at radius 3 is 2.59 bits per heavy atom. The van der Waals surface area contributed by atoms with Crippen LogP contribution >= 0.6 is 0 Å². The average Bonchev–Trinajstić information content (AvgIpc) is 3.16. The fourth-order valence-electron chi connectivity index (χ4n) is 3.17. The number of nitrogens with zero attached hydrogens (tertiary/aromatic N) is 1. The van der Waals surface area contributed by atoms with E-state index in [1.54, 1.807) is 24.3 Å². The van der Waals surface area contributed by atoms with E-state index in [4.69, 9.17) is 10.5 Å². The number of benzene rings is 2. The van der Waals surface area contributed by atoms with Gasteiger partial charge in [-0.1, -0.05) is 26.0 Å². The van der Waals surface area contributed by atoms with Gasteiger partial charge in [0.25, 0.3) is 5.91 Å². The number of anilines is 3. The number of hydrogen-bond donors (Lipinski definition) is 3. The van der Waals surface area contributed by atoms with Crippen molar-refractivity contribution in [3.05, 3.63) is 54.1 Å². The molecular weight excluding hydrogens is 368 g/mol. The van der Waals surface area contributed by atoms with Gasteiger partial charge in [-0.2, -0.15) is 0 Å². The van der Waals surface area contributed by atoms with Crippen molar-refractivity contribution in [2.45, 2.75) is 26.4 Å². The van der Waals surface area contributed by atoms with Crippen molar-refractivity contribution in [1.82, 2.24) is 5.32 Å². The number of alkyl carbamates (subject to hydrolysis) is 1. The number of para-hydroxylation sites is 2. The van der Waals surface area contributed by atoms with Crippen LogP contribution in [0.25, 0.3) is 0 Å². The molecule has 4 N–H and O–H groups in total. The van der Waals surface area contributed by atoms with Crippen molar-refractivity contribution in [1.29, 1.82) is 0 Å². The highest BCUT2D eigenvalue weighted by Crippen LogP contribution is 2.23. The zero-order valence-corrected chi connectivity index (χ0v) is 16.9. The lowest BCUT2D eigenvalue weighted by molar-refractivity contribution is 0.102. The summed E-state index contributed by atoms with van der Waals surface area (Å²) in [7, 11) is 0. The second kappa shape index (κ2) is 9.32. The lowest BCUT2D eigenvalue weighted by Crippen LogP contribution is -2.32. The van der Waals surface area contributed by atoms with Crippen LogP contribution in [-0.2, 0) is 4.74 Å². The van der Waals surface area contributed by atoms with Gasteiger partial charge >= 0.3 is 6.09 Å². The molecule has 0 saturated carbocycles. The van der Waals surface area contributed by atoms with E-state index < -0.39 is 0 Å². The Bertz CT molecular complexity index is 851. The Morgan fingerprint density at radius 2 is 1.90 bits per heavy atom. The molecule has 7 nitrogen and oxygen atoms in total. The Morgan fingerprint density at radius 1 is 1.17 bits per heavy atom. The zero-order valence-electron chi connectivity index (χ0n) is 16.9. The molecule has 29 heavy (non-hydrogen) atoms. The molecule has 3 rings (SSSR count). The summed E-state index contributed by atoms with van der Waals surface area (Å²) in [4.78, 5) is 26.4. The first-order valence-electron chi connectivity index (χ1n) is 9.87. The Balaban J connectivity index is 1.53. The summed E-state index contributed by atoms with van der Waals surface area (Å²) < 4.78 is 5.49. The highest BCUT2D eigenvalue weighted by Gasteiger charge is 2.26. The number of carbonyl (C=O) groups excluding carboxylic acids is 2. The molecule has 2 aromatic carbocycles. The summed E-state index contributed by atoms with van der Waals surface area (Å²) >= 11 is 0. The van der Waals surface area contributed by atoms with Gasteiger partial charge in [-0.15, -0.1) is 0 Å². The summed E-state index contributed by atoms with van der Waals surface area (Å²) in [5.41, 5.74) is 8.54. The summed E-state index contributed by atoms with van der Waals surface area (Å²) in [6.45, 7) is 6.12. The molecule has 0 spiro atoms. The molecule has 1 aliphatic heterocycles. The molecule has 0 radical (unpaired) electrons. The monoisotopic (exact) mass is 396 g/mol. The first-order chi connectivity index (χ1) is 13.9. The Hall–Kier alpha value is -3.22. The highest BCUT2D eigenvalue weighted by atomic mass is 16.6. The van der Waals surface area contributed by atoms with Gasteiger partial charge in [0.15, 0.2) is 0 Å². The molecule has 1 atom stereocenters. The number of nitrogen functional groups attached to an aromatic ring is 1. The van der Waals surface area contributed by atoms with Crippen LogP contribution in [0.1, 0.15) is 30.6 Å². The van der Waals surface area contributed by atoms with E-state index in [9.17, 15) is 9.59 Å². The van der Waals surface area contributed by atoms with Crippen molar-refractivity contribution in [2.75, 3.05) is 35.6 Å². The number of nitrogens with two attached hydrogens (primary N) is 1. The molecule has 0 unspecified atom stereocenters. The summed E-state index contributed by atoms with van der Waals surface area (Å²) in [6.07, 6.45) is 0.286. The van der Waals surface area contributed by atoms with Gasteiger partial charge in [0.2, 0.25) is 0 Å². The molecule has 1 heterocycles. The molecular formula is C22H28N4O3. The zero-order chi connectivity index (χ0) is 20.8. The first-order valence-corrected chi connectivity index (χ1v) is 9.87. The maximum atomic E-state index is 12.4. The molecule has 1 fully saturated rings. The van der Waals surface area contributed by atoms with Crippen LogP contribution in [0.15, 0.2) is 48.5 Å². The molecule has 7 heteroatoms. The van der Waals surface area contributed by atoms with E-state index >= 15 is 0 Å². The van der Waals surface area contributed by atoms with Crippen molar-refractivity contribution in [3.63, 3.8) is 0 Å². The Kier molecular flexibility index (Phi) is 6.59. The molecule has 1 saturated heterocycles. The summed E-state index contributed by atoms with van der Waals surface area (Å²) in [5.74, 6) is 0.176. The number of ether oxygens (including phenoxy) is 1. The maximum Gasteiger partial charge on any atom is 0.407 e. The van der Waals surface area contributed by atoms with Gasteiger partial charge in [0.1, 0.15) is 6.10 Å². The third-order valence-corrected chi connectivity index (χ3v) is 4.78. The highest BCUT2D eigenvalue weighted by molar-refractivity contribution is 6.05. The quantitative estimate of drug-likeness (QED) is 0.650. The lowest BCUT2D eigenvalue weighted by atomic mass is 10.1. The van der Waals surface area contributed by atoms with Crippen LogP contribution in [0.5, 0.6) is 0 Å². The van der Waals surface area contributed by atoms with Crippen LogP contribution in [0, 0.1) is 5.92 Å². The smallest absolute Gasteiger partial charge is 0.407 e. The van der Waals surface area contributed by atoms with Crippen LogP contribution in [0.2, 0.25) is 0 Å². The SMILES string of the molecule is CC(C)CNC(=O)O[C@H]1CCN(c2ccc(C(=O)Nc3ccccc3N)cc2)C1. The van der Waals surface area contributed by atoms with Gasteiger partial charge in [-0.05, 0) is 42.3 Å².